The smallest absolute Gasteiger partial charge is 0.264 e. The van der Waals surface area contributed by atoms with E-state index in [0.29, 0.717) is 5.69 Å². The first kappa shape index (κ1) is 14.7. The summed E-state index contributed by atoms with van der Waals surface area (Å²) in [5, 5.41) is 3.99. The Bertz CT molecular complexity index is 746. The Hall–Kier alpha value is -1.67. The fraction of sp³-hybridized carbons (Fsp3) is 0.182. The summed E-state index contributed by atoms with van der Waals surface area (Å²) < 4.78 is 55.8. The van der Waals surface area contributed by atoms with E-state index >= 15 is 0 Å². The summed E-state index contributed by atoms with van der Waals surface area (Å²) in [5.41, 5.74) is 0.515. The van der Waals surface area contributed by atoms with E-state index in [1.807, 2.05) is 0 Å². The molecule has 0 amide bonds. The van der Waals surface area contributed by atoms with E-state index in [-0.39, 0.29) is 6.61 Å². The van der Waals surface area contributed by atoms with Crippen LogP contribution in [0.25, 0.3) is 0 Å². The summed E-state index contributed by atoms with van der Waals surface area (Å²) in [6.07, 6.45) is 1.67. The number of nitrogens with zero attached hydrogens (tertiary/aromatic N) is 2. The molecule has 0 fully saturated rings. The summed E-state index contributed by atoms with van der Waals surface area (Å²) >= 11 is 0. The molecule has 1 aromatic carbocycles. The van der Waals surface area contributed by atoms with Crippen molar-refractivity contribution in [3.05, 3.63) is 41.7 Å². The van der Waals surface area contributed by atoms with Crippen molar-refractivity contribution < 1.29 is 21.9 Å². The number of hydrogen-bond donors (Lipinski definition) is 0. The summed E-state index contributed by atoms with van der Waals surface area (Å²) in [6.45, 7) is -0.0792. The maximum atomic E-state index is 13.7. The quantitative estimate of drug-likeness (QED) is 0.810. The van der Waals surface area contributed by atoms with Gasteiger partial charge in [-0.2, -0.15) is 9.49 Å². The van der Waals surface area contributed by atoms with Gasteiger partial charge in [0.25, 0.3) is 9.05 Å². The van der Waals surface area contributed by atoms with Gasteiger partial charge in [-0.1, -0.05) is 0 Å². The van der Waals surface area contributed by atoms with Crippen LogP contribution in [0.15, 0.2) is 29.3 Å². The fourth-order valence-corrected chi connectivity index (χ4v) is 2.40. The van der Waals surface area contributed by atoms with Crippen molar-refractivity contribution in [1.82, 2.24) is 9.78 Å². The van der Waals surface area contributed by atoms with Gasteiger partial charge in [0, 0.05) is 23.9 Å². The van der Waals surface area contributed by atoms with Crippen molar-refractivity contribution in [2.24, 2.45) is 7.05 Å². The molecule has 5 nitrogen and oxygen atoms in total. The molecule has 2 aromatic rings. The largest absolute Gasteiger partial charge is 0.484 e. The molecular formula is C11H9ClF2N2O3S. The number of benzene rings is 1. The third-order valence-corrected chi connectivity index (χ3v) is 3.76. The molecule has 0 radical (unpaired) electrons. The van der Waals surface area contributed by atoms with E-state index in [4.69, 9.17) is 15.4 Å². The first-order valence-electron chi connectivity index (χ1n) is 5.33. The van der Waals surface area contributed by atoms with Crippen LogP contribution in [0.2, 0.25) is 0 Å². The Morgan fingerprint density at radius 3 is 2.55 bits per heavy atom. The van der Waals surface area contributed by atoms with Gasteiger partial charge in [-0.3, -0.25) is 4.68 Å². The topological polar surface area (TPSA) is 61.2 Å². The van der Waals surface area contributed by atoms with Crippen LogP contribution in [-0.4, -0.2) is 18.2 Å². The lowest BCUT2D eigenvalue weighted by atomic mass is 10.3. The molecule has 0 aliphatic carbocycles. The van der Waals surface area contributed by atoms with Crippen molar-refractivity contribution in [2.45, 2.75) is 11.5 Å². The Morgan fingerprint density at radius 1 is 1.30 bits per heavy atom. The minimum absolute atomic E-state index is 0.0792. The number of hydrogen-bond acceptors (Lipinski definition) is 4. The Labute approximate surface area is 118 Å². The second-order valence-corrected chi connectivity index (χ2v) is 6.43. The molecule has 0 atom stereocenters. The highest BCUT2D eigenvalue weighted by atomic mass is 35.7. The fourth-order valence-electron chi connectivity index (χ4n) is 1.51. The highest BCUT2D eigenvalue weighted by molar-refractivity contribution is 8.13. The van der Waals surface area contributed by atoms with Gasteiger partial charge < -0.3 is 4.74 Å². The van der Waals surface area contributed by atoms with Crippen LogP contribution in [-0.2, 0) is 22.7 Å². The van der Waals surface area contributed by atoms with Crippen LogP contribution >= 0.6 is 10.7 Å². The lowest BCUT2D eigenvalue weighted by molar-refractivity contribution is 0.278. The molecule has 1 aromatic heterocycles. The maximum Gasteiger partial charge on any atom is 0.264 e. The molecule has 0 saturated heterocycles. The van der Waals surface area contributed by atoms with Crippen molar-refractivity contribution in [3.8, 4) is 5.75 Å². The number of aromatic nitrogens is 2. The second kappa shape index (κ2) is 5.37. The second-order valence-electron chi connectivity index (χ2n) is 3.90. The van der Waals surface area contributed by atoms with Gasteiger partial charge >= 0.3 is 0 Å². The molecule has 0 bridgehead atoms. The first-order valence-corrected chi connectivity index (χ1v) is 7.64. The van der Waals surface area contributed by atoms with E-state index in [0.717, 1.165) is 12.1 Å². The van der Waals surface area contributed by atoms with Crippen molar-refractivity contribution in [1.29, 1.82) is 0 Å². The number of rotatable bonds is 4. The standard InChI is InChI=1S/C11H9ClF2N2O3S/c1-16-5-4-7(15-16)6-19-8-2-3-9(20(12,17)18)11(14)10(8)13/h2-5H,6H2,1H3. The third kappa shape index (κ3) is 3.07. The van der Waals surface area contributed by atoms with Gasteiger partial charge in [-0.15, -0.1) is 0 Å². The number of halogens is 3. The lowest BCUT2D eigenvalue weighted by Gasteiger charge is -2.07. The van der Waals surface area contributed by atoms with Crippen LogP contribution in [0, 0.1) is 11.6 Å². The van der Waals surface area contributed by atoms with E-state index < -0.39 is 31.3 Å². The summed E-state index contributed by atoms with van der Waals surface area (Å²) in [7, 11) is 2.32. The van der Waals surface area contributed by atoms with E-state index in [1.54, 1.807) is 19.3 Å². The molecule has 20 heavy (non-hydrogen) atoms. The van der Waals surface area contributed by atoms with Gasteiger partial charge in [0.2, 0.25) is 5.82 Å². The van der Waals surface area contributed by atoms with Crippen molar-refractivity contribution in [3.63, 3.8) is 0 Å². The molecule has 108 valence electrons. The zero-order valence-corrected chi connectivity index (χ0v) is 11.8. The molecular weight excluding hydrogens is 314 g/mol. The highest BCUT2D eigenvalue weighted by Crippen LogP contribution is 2.27. The van der Waals surface area contributed by atoms with E-state index in [1.165, 1.54) is 4.68 Å². The van der Waals surface area contributed by atoms with Crippen LogP contribution in [0.4, 0.5) is 8.78 Å². The molecule has 1 heterocycles. The summed E-state index contributed by atoms with van der Waals surface area (Å²) in [6, 6.07) is 3.48. The normalized spacial score (nSPS) is 11.6. The Morgan fingerprint density at radius 2 is 2.00 bits per heavy atom. The first-order chi connectivity index (χ1) is 9.29. The number of aryl methyl sites for hydroxylation is 1. The average Bonchev–Trinajstić information content (AvgIpc) is 2.75. The molecule has 0 unspecified atom stereocenters. The zero-order chi connectivity index (χ0) is 14.9. The molecule has 9 heteroatoms. The molecule has 0 saturated carbocycles. The summed E-state index contributed by atoms with van der Waals surface area (Å²) in [5.74, 6) is -3.40. The average molecular weight is 323 g/mol. The van der Waals surface area contributed by atoms with Crippen LogP contribution in [0.1, 0.15) is 5.69 Å². The summed E-state index contributed by atoms with van der Waals surface area (Å²) in [4.78, 5) is -0.929. The van der Waals surface area contributed by atoms with Crippen molar-refractivity contribution in [2.75, 3.05) is 0 Å². The van der Waals surface area contributed by atoms with Gasteiger partial charge in [-0.05, 0) is 18.2 Å². The van der Waals surface area contributed by atoms with Crippen LogP contribution in [0.5, 0.6) is 5.75 Å². The van der Waals surface area contributed by atoms with Gasteiger partial charge in [0.1, 0.15) is 11.5 Å². The Kier molecular flexibility index (Phi) is 3.96. The molecule has 0 aliphatic heterocycles. The zero-order valence-electron chi connectivity index (χ0n) is 10.2. The van der Waals surface area contributed by atoms with E-state index in [9.17, 15) is 17.2 Å². The third-order valence-electron chi connectivity index (χ3n) is 2.42. The molecule has 0 spiro atoms. The minimum atomic E-state index is -4.35. The molecule has 0 N–H and O–H groups in total. The monoisotopic (exact) mass is 322 g/mol. The maximum absolute atomic E-state index is 13.7. The Balaban J connectivity index is 2.24. The number of ether oxygens (including phenoxy) is 1. The van der Waals surface area contributed by atoms with E-state index in [2.05, 4.69) is 5.10 Å². The predicted molar refractivity (Wildman–Crippen MR) is 66.9 cm³/mol. The van der Waals surface area contributed by atoms with Gasteiger partial charge in [-0.25, -0.2) is 12.8 Å². The van der Waals surface area contributed by atoms with Crippen molar-refractivity contribution >= 4 is 19.7 Å². The van der Waals surface area contributed by atoms with Gasteiger partial charge in [0.15, 0.2) is 11.6 Å². The van der Waals surface area contributed by atoms with Gasteiger partial charge in [0.05, 0.1) is 5.69 Å². The van der Waals surface area contributed by atoms with Crippen LogP contribution in [0.3, 0.4) is 0 Å². The predicted octanol–water partition coefficient (Wildman–Crippen LogP) is 2.20. The molecule has 0 aliphatic rings. The SMILES string of the molecule is Cn1ccc(COc2ccc(S(=O)(=O)Cl)c(F)c2F)n1. The molecule has 2 rings (SSSR count). The highest BCUT2D eigenvalue weighted by Gasteiger charge is 2.22. The van der Waals surface area contributed by atoms with Crippen LogP contribution < -0.4 is 4.74 Å². The minimum Gasteiger partial charge on any atom is -0.484 e. The lowest BCUT2D eigenvalue weighted by Crippen LogP contribution is -2.04.